The van der Waals surface area contributed by atoms with Crippen molar-refractivity contribution in [3.05, 3.63) is 125 Å². The highest BCUT2D eigenvalue weighted by Crippen LogP contribution is 2.50. The van der Waals surface area contributed by atoms with Gasteiger partial charge < -0.3 is 33.5 Å². The number of carbonyl (C=O) groups is 1. The molecule has 0 saturated carbocycles. The number of hydrogen-bond acceptors (Lipinski definition) is 9. The van der Waals surface area contributed by atoms with Crippen molar-refractivity contribution < 1.29 is 38.3 Å². The first kappa shape index (κ1) is 45.4. The van der Waals surface area contributed by atoms with Crippen molar-refractivity contribution in [2.24, 2.45) is 0 Å². The molecule has 0 spiro atoms. The normalized spacial score (nSPS) is 18.0. The number of ether oxygens (including phenoxy) is 6. The lowest BCUT2D eigenvalue weighted by Crippen LogP contribution is -2.27. The third-order valence-corrected chi connectivity index (χ3v) is 11.0. The number of nitrogens with zero attached hydrogens (tertiary/aromatic N) is 1. The zero-order valence-corrected chi connectivity index (χ0v) is 36.1. The Morgan fingerprint density at radius 2 is 1.27 bits per heavy atom. The molecule has 316 valence electrons. The molecule has 8 unspecified atom stereocenters. The second-order valence-electron chi connectivity index (χ2n) is 16.6. The van der Waals surface area contributed by atoms with Gasteiger partial charge in [0.15, 0.2) is 18.9 Å². The highest BCUT2D eigenvalue weighted by atomic mass is 16.7. The number of carbonyl (C=O) groups excluding carboxylic acids is 1. The van der Waals surface area contributed by atoms with E-state index >= 15 is 0 Å². The zero-order valence-electron chi connectivity index (χ0n) is 36.1. The van der Waals surface area contributed by atoms with Crippen LogP contribution >= 0.6 is 0 Å². The summed E-state index contributed by atoms with van der Waals surface area (Å²) in [4.78, 5) is 11.7. The summed E-state index contributed by atoms with van der Waals surface area (Å²) in [5.41, 5.74) is 4.96. The first-order chi connectivity index (χ1) is 28.2. The van der Waals surface area contributed by atoms with Crippen molar-refractivity contribution >= 4 is 5.97 Å². The number of rotatable bonds is 19. The molecule has 1 heterocycles. The molecule has 1 aliphatic rings. The van der Waals surface area contributed by atoms with E-state index in [4.69, 9.17) is 28.4 Å². The molecule has 9 nitrogen and oxygen atoms in total. The monoisotopic (exact) mass is 805 g/mol. The van der Waals surface area contributed by atoms with Crippen LogP contribution in [0.15, 0.2) is 97.1 Å². The Kier molecular flexibility index (Phi) is 16.5. The maximum absolute atomic E-state index is 11.7. The number of esters is 1. The summed E-state index contributed by atoms with van der Waals surface area (Å²) in [6, 6.07) is 35.4. The minimum atomic E-state index is -0.941. The molecule has 5 rings (SSSR count). The largest absolute Gasteiger partial charge is 0.465 e. The number of benzene rings is 4. The van der Waals surface area contributed by atoms with Crippen molar-refractivity contribution in [3.8, 4) is 23.3 Å². The van der Waals surface area contributed by atoms with Crippen LogP contribution in [0, 0.1) is 11.3 Å². The van der Waals surface area contributed by atoms with Gasteiger partial charge in [-0.2, -0.15) is 5.26 Å². The smallest absolute Gasteiger partial charge is 0.308 e. The minimum Gasteiger partial charge on any atom is -0.465 e. The third-order valence-electron chi connectivity index (χ3n) is 11.0. The van der Waals surface area contributed by atoms with Gasteiger partial charge >= 0.3 is 5.97 Å². The fraction of sp³-hybridized carbons (Fsp3) is 0.480. The predicted molar refractivity (Wildman–Crippen MR) is 230 cm³/mol. The van der Waals surface area contributed by atoms with Crippen LogP contribution in [0.3, 0.4) is 0 Å². The summed E-state index contributed by atoms with van der Waals surface area (Å²) < 4.78 is 35.0. The second kappa shape index (κ2) is 21.5. The van der Waals surface area contributed by atoms with E-state index in [-0.39, 0.29) is 48.1 Å². The Bertz CT molecular complexity index is 1910. The number of aliphatic hydroxyl groups excluding tert-OH is 1. The van der Waals surface area contributed by atoms with Crippen LogP contribution in [0.1, 0.15) is 145 Å². The molecule has 59 heavy (non-hydrogen) atoms. The van der Waals surface area contributed by atoms with E-state index in [1.165, 1.54) is 6.92 Å². The Labute approximate surface area is 351 Å². The maximum atomic E-state index is 11.7. The van der Waals surface area contributed by atoms with Gasteiger partial charge in [-0.3, -0.25) is 4.79 Å². The van der Waals surface area contributed by atoms with Crippen LogP contribution < -0.4 is 14.2 Å². The van der Waals surface area contributed by atoms with Gasteiger partial charge in [0.05, 0.1) is 24.2 Å². The molecule has 0 amide bonds. The van der Waals surface area contributed by atoms with Crippen LogP contribution in [-0.4, -0.2) is 48.8 Å². The van der Waals surface area contributed by atoms with Crippen molar-refractivity contribution in [1.29, 1.82) is 5.26 Å². The van der Waals surface area contributed by atoms with Crippen LogP contribution in [0.4, 0.5) is 0 Å². The summed E-state index contributed by atoms with van der Waals surface area (Å²) in [5.74, 6) is 1.21. The van der Waals surface area contributed by atoms with E-state index in [1.54, 1.807) is 0 Å². The fourth-order valence-corrected chi connectivity index (χ4v) is 8.10. The van der Waals surface area contributed by atoms with E-state index in [9.17, 15) is 15.2 Å². The molecular formula is C50H63NO8. The van der Waals surface area contributed by atoms with Gasteiger partial charge in [0.1, 0.15) is 17.2 Å². The van der Waals surface area contributed by atoms with E-state index in [1.807, 2.05) is 95.3 Å². The number of nitriles is 1. The van der Waals surface area contributed by atoms with E-state index in [2.05, 4.69) is 56.3 Å². The van der Waals surface area contributed by atoms with Gasteiger partial charge in [-0.15, -0.1) is 0 Å². The lowest BCUT2D eigenvalue weighted by atomic mass is 9.66. The van der Waals surface area contributed by atoms with Gasteiger partial charge in [0, 0.05) is 20.0 Å². The summed E-state index contributed by atoms with van der Waals surface area (Å²) >= 11 is 0. The molecule has 1 N–H and O–H groups in total. The number of hydrogen-bond donors (Lipinski definition) is 1. The molecule has 1 saturated heterocycles. The first-order valence-electron chi connectivity index (χ1n) is 21.1. The van der Waals surface area contributed by atoms with Crippen LogP contribution in [0.25, 0.3) is 0 Å². The van der Waals surface area contributed by atoms with Crippen LogP contribution in [0.2, 0.25) is 0 Å². The van der Waals surface area contributed by atoms with Gasteiger partial charge in [-0.25, -0.2) is 0 Å². The summed E-state index contributed by atoms with van der Waals surface area (Å²) in [6.07, 6.45) is 2.27. The van der Waals surface area contributed by atoms with Gasteiger partial charge in [0.25, 0.3) is 0 Å². The van der Waals surface area contributed by atoms with E-state index < -0.39 is 11.9 Å². The van der Waals surface area contributed by atoms with E-state index in [0.717, 1.165) is 58.6 Å². The molecule has 4 aromatic carbocycles. The molecule has 0 radical (unpaired) electrons. The molecule has 8 atom stereocenters. The summed E-state index contributed by atoms with van der Waals surface area (Å²) in [5, 5.41) is 20.6. The topological polar surface area (TPSA) is 116 Å². The first-order valence-corrected chi connectivity index (χ1v) is 21.1. The minimum absolute atomic E-state index is 0.0125. The molecule has 1 aliphatic heterocycles. The maximum Gasteiger partial charge on any atom is 0.308 e. The zero-order chi connectivity index (χ0) is 42.5. The Morgan fingerprint density at radius 1 is 0.763 bits per heavy atom. The van der Waals surface area contributed by atoms with Gasteiger partial charge in [0.2, 0.25) is 0 Å². The SMILES string of the molecule is CCOC(C)Oc1ccc(C(C(C)c2ccc(OC(C)=O)cc2)C(c2ccc(OC3CCCCO3)cc2)C(C)c2ccc(C(C#N)CCC(O)OC(C)(C)C)cc2)cc1. The molecule has 9 heteroatoms. The Hall–Kier alpha value is -4.72. The average molecular weight is 806 g/mol. The van der Waals surface area contributed by atoms with Gasteiger partial charge in [-0.1, -0.05) is 74.5 Å². The molecule has 0 aliphatic carbocycles. The fourth-order valence-electron chi connectivity index (χ4n) is 8.10. The molecule has 0 bridgehead atoms. The van der Waals surface area contributed by atoms with Gasteiger partial charge in [-0.05, 0) is 148 Å². The quantitative estimate of drug-likeness (QED) is 0.0561. The predicted octanol–water partition coefficient (Wildman–Crippen LogP) is 11.3. The highest BCUT2D eigenvalue weighted by molar-refractivity contribution is 5.69. The van der Waals surface area contributed by atoms with Crippen LogP contribution in [-0.2, 0) is 19.0 Å². The molecule has 0 aromatic heterocycles. The average Bonchev–Trinajstić information content (AvgIpc) is 3.20. The van der Waals surface area contributed by atoms with Crippen molar-refractivity contribution in [3.63, 3.8) is 0 Å². The van der Waals surface area contributed by atoms with Crippen molar-refractivity contribution in [2.45, 2.75) is 142 Å². The second-order valence-corrected chi connectivity index (χ2v) is 16.6. The highest BCUT2D eigenvalue weighted by Gasteiger charge is 2.35. The molecule has 1 fully saturated rings. The standard InChI is InChI=1S/C50H63NO8/c1-9-54-36(5)57-44-26-19-40(20-27-44)49(34(3)38-17-24-43(25-18-38)56-35(4)52)48(41-21-28-45(29-22-41)58-47-12-10-11-31-55-47)33(2)37-13-15-39(16-14-37)42(32-51)23-30-46(53)59-50(6,7)8/h13-22,24-29,33-34,36,42,46-49,53H,9-12,23,30-31H2,1-8H3. The molecular weight excluding hydrogens is 743 g/mol. The summed E-state index contributed by atoms with van der Waals surface area (Å²) in [6.45, 7) is 16.7. The number of aliphatic hydroxyl groups is 1. The van der Waals surface area contributed by atoms with Crippen LogP contribution in [0.5, 0.6) is 17.2 Å². The van der Waals surface area contributed by atoms with Crippen molar-refractivity contribution in [1.82, 2.24) is 0 Å². The lowest BCUT2D eigenvalue weighted by molar-refractivity contribution is -0.168. The Morgan fingerprint density at radius 3 is 1.76 bits per heavy atom. The van der Waals surface area contributed by atoms with E-state index in [0.29, 0.717) is 31.8 Å². The van der Waals surface area contributed by atoms with Crippen molar-refractivity contribution in [2.75, 3.05) is 13.2 Å². The summed E-state index contributed by atoms with van der Waals surface area (Å²) in [7, 11) is 0. The Balaban J connectivity index is 1.54. The lowest BCUT2D eigenvalue weighted by Gasteiger charge is -2.37. The third kappa shape index (κ3) is 13.4. The molecule has 4 aromatic rings.